The highest BCUT2D eigenvalue weighted by Gasteiger charge is 2.39. The summed E-state index contributed by atoms with van der Waals surface area (Å²) >= 11 is 2.38. The van der Waals surface area contributed by atoms with E-state index < -0.39 is 5.60 Å². The molecule has 1 aliphatic carbocycles. The van der Waals surface area contributed by atoms with Crippen molar-refractivity contribution in [3.63, 3.8) is 0 Å². The molecule has 19 heavy (non-hydrogen) atoms. The molecule has 0 aromatic rings. The number of halogens is 1. The fraction of sp³-hybridized carbons (Fsp3) is 0.929. The molecule has 1 aliphatic heterocycles. The van der Waals surface area contributed by atoms with Gasteiger partial charge < -0.3 is 14.4 Å². The topological polar surface area (TPSA) is 38.8 Å². The van der Waals surface area contributed by atoms with Crippen LogP contribution in [0.3, 0.4) is 0 Å². The second-order valence-electron chi connectivity index (χ2n) is 6.62. The zero-order chi connectivity index (χ0) is 14.2. The van der Waals surface area contributed by atoms with Gasteiger partial charge in [0.1, 0.15) is 5.60 Å². The van der Waals surface area contributed by atoms with Gasteiger partial charge in [0.05, 0.1) is 22.7 Å². The zero-order valence-corrected chi connectivity index (χ0v) is 14.3. The van der Waals surface area contributed by atoms with Gasteiger partial charge in [0.15, 0.2) is 0 Å². The fourth-order valence-electron chi connectivity index (χ4n) is 2.29. The summed E-state index contributed by atoms with van der Waals surface area (Å²) in [6.45, 7) is 9.21. The Morgan fingerprint density at radius 2 is 1.95 bits per heavy atom. The lowest BCUT2D eigenvalue weighted by atomic mass is 10.2. The van der Waals surface area contributed by atoms with Crippen LogP contribution in [-0.4, -0.2) is 45.8 Å². The lowest BCUT2D eigenvalue weighted by molar-refractivity contribution is -0.00905. The van der Waals surface area contributed by atoms with Crippen LogP contribution in [0, 0.1) is 5.92 Å². The number of carbonyl (C=O) groups is 1. The third-order valence-corrected chi connectivity index (χ3v) is 4.72. The van der Waals surface area contributed by atoms with Gasteiger partial charge in [-0.1, -0.05) is 22.6 Å². The third-order valence-electron chi connectivity index (χ3n) is 3.53. The molecule has 0 bridgehead atoms. The van der Waals surface area contributed by atoms with E-state index in [1.807, 2.05) is 20.8 Å². The SMILES string of the molecule is CC(OC1CN(C(=O)OC(C)(C)C)CC1I)C1CC1. The van der Waals surface area contributed by atoms with Crippen LogP contribution in [0.5, 0.6) is 0 Å². The largest absolute Gasteiger partial charge is 0.444 e. The predicted molar refractivity (Wildman–Crippen MR) is 82.7 cm³/mol. The monoisotopic (exact) mass is 381 g/mol. The van der Waals surface area contributed by atoms with Crippen molar-refractivity contribution in [2.24, 2.45) is 5.92 Å². The van der Waals surface area contributed by atoms with Crippen LogP contribution in [0.25, 0.3) is 0 Å². The second-order valence-corrected chi connectivity index (χ2v) is 8.22. The van der Waals surface area contributed by atoms with Crippen molar-refractivity contribution in [3.8, 4) is 0 Å². The van der Waals surface area contributed by atoms with Gasteiger partial charge >= 0.3 is 6.09 Å². The van der Waals surface area contributed by atoms with Gasteiger partial charge in [0, 0.05) is 6.54 Å². The number of hydrogen-bond donors (Lipinski definition) is 0. The molecule has 2 rings (SSSR count). The average Bonchev–Trinajstić information content (AvgIpc) is 3.03. The zero-order valence-electron chi connectivity index (χ0n) is 12.2. The molecule has 1 amide bonds. The summed E-state index contributed by atoms with van der Waals surface area (Å²) in [6.07, 6.45) is 2.81. The number of nitrogens with zero attached hydrogens (tertiary/aromatic N) is 1. The highest BCUT2D eigenvalue weighted by molar-refractivity contribution is 14.1. The van der Waals surface area contributed by atoms with Crippen LogP contribution in [0.15, 0.2) is 0 Å². The molecule has 1 saturated carbocycles. The van der Waals surface area contributed by atoms with E-state index in [9.17, 15) is 4.79 Å². The normalized spacial score (nSPS) is 29.4. The standard InChI is InChI=1S/C14H24INO3/c1-9(10-5-6-10)18-12-8-16(7-11(12)15)13(17)19-14(2,3)4/h9-12H,5-8H2,1-4H3. The van der Waals surface area contributed by atoms with Gasteiger partial charge in [-0.05, 0) is 46.5 Å². The van der Waals surface area contributed by atoms with E-state index in [1.54, 1.807) is 4.90 Å². The van der Waals surface area contributed by atoms with Crippen LogP contribution < -0.4 is 0 Å². The molecule has 2 fully saturated rings. The van der Waals surface area contributed by atoms with Gasteiger partial charge in [-0.3, -0.25) is 0 Å². The summed E-state index contributed by atoms with van der Waals surface area (Å²) in [7, 11) is 0. The molecule has 110 valence electrons. The Kier molecular flexibility index (Phi) is 4.65. The van der Waals surface area contributed by atoms with Gasteiger partial charge in [0.25, 0.3) is 0 Å². The molecule has 0 radical (unpaired) electrons. The Labute approximate surface area is 129 Å². The van der Waals surface area contributed by atoms with Crippen LogP contribution >= 0.6 is 22.6 Å². The molecule has 3 unspecified atom stereocenters. The van der Waals surface area contributed by atoms with Crippen molar-refractivity contribution in [2.75, 3.05) is 13.1 Å². The Morgan fingerprint density at radius 1 is 1.32 bits per heavy atom. The molecule has 1 saturated heterocycles. The van der Waals surface area contributed by atoms with E-state index in [-0.39, 0.29) is 12.2 Å². The Morgan fingerprint density at radius 3 is 2.47 bits per heavy atom. The molecule has 0 N–H and O–H groups in total. The minimum Gasteiger partial charge on any atom is -0.444 e. The van der Waals surface area contributed by atoms with Gasteiger partial charge in [-0.2, -0.15) is 0 Å². The Balaban J connectivity index is 1.84. The number of alkyl halides is 1. The van der Waals surface area contributed by atoms with E-state index >= 15 is 0 Å². The van der Waals surface area contributed by atoms with E-state index in [1.165, 1.54) is 12.8 Å². The van der Waals surface area contributed by atoms with E-state index in [0.717, 1.165) is 12.5 Å². The van der Waals surface area contributed by atoms with Gasteiger partial charge in [0.2, 0.25) is 0 Å². The molecule has 0 aromatic heterocycles. The summed E-state index contributed by atoms with van der Waals surface area (Å²) in [6, 6.07) is 0. The minimum absolute atomic E-state index is 0.142. The number of ether oxygens (including phenoxy) is 2. The summed E-state index contributed by atoms with van der Waals surface area (Å²) in [4.78, 5) is 13.8. The summed E-state index contributed by atoms with van der Waals surface area (Å²) in [5, 5.41) is 0. The number of rotatable bonds is 3. The Bertz CT molecular complexity index is 338. The number of likely N-dealkylation sites (tertiary alicyclic amines) is 1. The lowest BCUT2D eigenvalue weighted by Crippen LogP contribution is -2.36. The maximum absolute atomic E-state index is 12.0. The molecule has 5 heteroatoms. The molecule has 4 nitrogen and oxygen atoms in total. The number of hydrogen-bond acceptors (Lipinski definition) is 3. The van der Waals surface area contributed by atoms with E-state index in [0.29, 0.717) is 16.6 Å². The van der Waals surface area contributed by atoms with E-state index in [2.05, 4.69) is 29.5 Å². The molecule has 2 aliphatic rings. The quantitative estimate of drug-likeness (QED) is 0.557. The lowest BCUT2D eigenvalue weighted by Gasteiger charge is -2.24. The van der Waals surface area contributed by atoms with Crippen LogP contribution in [0.1, 0.15) is 40.5 Å². The molecular formula is C14H24INO3. The highest BCUT2D eigenvalue weighted by Crippen LogP contribution is 2.36. The molecule has 3 atom stereocenters. The Hall–Kier alpha value is -0.0400. The van der Waals surface area contributed by atoms with Crippen molar-refractivity contribution < 1.29 is 14.3 Å². The van der Waals surface area contributed by atoms with Crippen molar-refractivity contribution in [1.29, 1.82) is 0 Å². The fourth-order valence-corrected chi connectivity index (χ4v) is 3.16. The third kappa shape index (κ3) is 4.48. The molecular weight excluding hydrogens is 357 g/mol. The van der Waals surface area contributed by atoms with Gasteiger partial charge in [-0.25, -0.2) is 4.79 Å². The van der Waals surface area contributed by atoms with E-state index in [4.69, 9.17) is 9.47 Å². The average molecular weight is 381 g/mol. The van der Waals surface area contributed by atoms with Crippen LogP contribution in [0.4, 0.5) is 4.79 Å². The van der Waals surface area contributed by atoms with Crippen molar-refractivity contribution in [1.82, 2.24) is 4.90 Å². The smallest absolute Gasteiger partial charge is 0.410 e. The summed E-state index contributed by atoms with van der Waals surface area (Å²) in [5.41, 5.74) is -0.432. The first-order valence-electron chi connectivity index (χ1n) is 7.04. The minimum atomic E-state index is -0.432. The maximum Gasteiger partial charge on any atom is 0.410 e. The first-order valence-corrected chi connectivity index (χ1v) is 8.28. The van der Waals surface area contributed by atoms with Crippen molar-refractivity contribution >= 4 is 28.7 Å². The predicted octanol–water partition coefficient (Wildman–Crippen LogP) is 3.22. The second kappa shape index (κ2) is 5.76. The van der Waals surface area contributed by atoms with Crippen molar-refractivity contribution in [2.45, 2.75) is 62.3 Å². The summed E-state index contributed by atoms with van der Waals surface area (Å²) < 4.78 is 11.9. The number of carbonyl (C=O) groups excluding carboxylic acids is 1. The molecule has 1 heterocycles. The first-order chi connectivity index (χ1) is 8.76. The van der Waals surface area contributed by atoms with Crippen LogP contribution in [-0.2, 0) is 9.47 Å². The summed E-state index contributed by atoms with van der Waals surface area (Å²) in [5.74, 6) is 0.735. The maximum atomic E-state index is 12.0. The van der Waals surface area contributed by atoms with Crippen LogP contribution in [0.2, 0.25) is 0 Å². The molecule has 0 spiro atoms. The van der Waals surface area contributed by atoms with Crippen molar-refractivity contribution in [3.05, 3.63) is 0 Å². The van der Waals surface area contributed by atoms with Gasteiger partial charge in [-0.15, -0.1) is 0 Å². The first kappa shape index (κ1) is 15.4. The molecule has 0 aromatic carbocycles. The highest BCUT2D eigenvalue weighted by atomic mass is 127. The number of amides is 1.